The van der Waals surface area contributed by atoms with Gasteiger partial charge in [0.05, 0.1) is 35.2 Å². The zero-order valence-electron chi connectivity index (χ0n) is 18.4. The van der Waals surface area contributed by atoms with E-state index in [0.717, 1.165) is 25.7 Å². The van der Waals surface area contributed by atoms with Crippen LogP contribution in [0.5, 0.6) is 11.5 Å². The lowest BCUT2D eigenvalue weighted by atomic mass is 10.1. The first-order chi connectivity index (χ1) is 15.6. The van der Waals surface area contributed by atoms with E-state index in [-0.39, 0.29) is 11.4 Å². The third-order valence-corrected chi connectivity index (χ3v) is 5.13. The molecule has 0 amide bonds. The summed E-state index contributed by atoms with van der Waals surface area (Å²) in [5.74, 6) is 1.10. The number of hydrogen-bond donors (Lipinski definition) is 0. The number of benzene rings is 2. The van der Waals surface area contributed by atoms with Gasteiger partial charge in [0.15, 0.2) is 0 Å². The van der Waals surface area contributed by atoms with E-state index in [0.29, 0.717) is 24.7 Å². The molecule has 2 aromatic carbocycles. The predicted octanol–water partition coefficient (Wildman–Crippen LogP) is 6.86. The first kappa shape index (κ1) is 25.1. The average molecular weight is 445 g/mol. The molecule has 0 aliphatic carbocycles. The van der Waals surface area contributed by atoms with Crippen LogP contribution in [0.15, 0.2) is 48.5 Å². The monoisotopic (exact) mass is 444 g/mol. The van der Waals surface area contributed by atoms with Gasteiger partial charge in [-0.15, -0.1) is 0 Å². The lowest BCUT2D eigenvalue weighted by molar-refractivity contribution is -0.385. The maximum atomic E-state index is 10.8. The van der Waals surface area contributed by atoms with E-state index in [2.05, 4.69) is 0 Å². The normalized spacial score (nSPS) is 10.6. The molecule has 0 aromatic heterocycles. The fourth-order valence-corrected chi connectivity index (χ4v) is 3.37. The van der Waals surface area contributed by atoms with E-state index in [1.54, 1.807) is 24.3 Å². The molecular formula is C24H32N2O6. The van der Waals surface area contributed by atoms with Crippen LogP contribution >= 0.6 is 0 Å². The molecule has 8 heteroatoms. The maximum absolute atomic E-state index is 10.8. The van der Waals surface area contributed by atoms with Crippen molar-refractivity contribution in [1.29, 1.82) is 0 Å². The number of nitro groups is 2. The quantitative estimate of drug-likeness (QED) is 0.150. The first-order valence-corrected chi connectivity index (χ1v) is 11.3. The van der Waals surface area contributed by atoms with Crippen LogP contribution in [0.25, 0.3) is 0 Å². The number of unbranched alkanes of at least 4 members (excludes halogenated alkanes) is 9. The minimum absolute atomic E-state index is 0.0532. The van der Waals surface area contributed by atoms with Gasteiger partial charge in [-0.3, -0.25) is 20.2 Å². The Labute approximate surface area is 188 Å². The van der Waals surface area contributed by atoms with Crippen molar-refractivity contribution in [2.45, 2.75) is 64.2 Å². The molecular weight excluding hydrogens is 412 g/mol. The van der Waals surface area contributed by atoms with Gasteiger partial charge in [-0.2, -0.15) is 0 Å². The Morgan fingerprint density at radius 3 is 1.25 bits per heavy atom. The van der Waals surface area contributed by atoms with Crippen LogP contribution in [-0.2, 0) is 0 Å². The minimum Gasteiger partial charge on any atom is -0.493 e. The molecule has 0 unspecified atom stereocenters. The third-order valence-electron chi connectivity index (χ3n) is 5.13. The van der Waals surface area contributed by atoms with Crippen molar-refractivity contribution < 1.29 is 19.3 Å². The zero-order chi connectivity index (χ0) is 23.0. The molecule has 0 fully saturated rings. The van der Waals surface area contributed by atoms with E-state index in [9.17, 15) is 20.2 Å². The Hall–Kier alpha value is -3.16. The standard InChI is InChI=1S/C24H32N2O6/c27-25(28)21-13-11-15-23(19-21)31-17-9-7-5-3-1-2-4-6-8-10-18-32-24-16-12-14-22(20-24)26(29)30/h11-16,19-20H,1-10,17-18H2. The topological polar surface area (TPSA) is 105 Å². The van der Waals surface area contributed by atoms with Gasteiger partial charge < -0.3 is 9.47 Å². The predicted molar refractivity (Wildman–Crippen MR) is 123 cm³/mol. The summed E-state index contributed by atoms with van der Waals surface area (Å²) < 4.78 is 11.2. The molecule has 0 saturated carbocycles. The van der Waals surface area contributed by atoms with Crippen molar-refractivity contribution in [3.63, 3.8) is 0 Å². The van der Waals surface area contributed by atoms with Gasteiger partial charge in [0.25, 0.3) is 11.4 Å². The van der Waals surface area contributed by atoms with E-state index < -0.39 is 9.85 Å². The Balaban J connectivity index is 1.37. The molecule has 0 radical (unpaired) electrons. The molecule has 0 N–H and O–H groups in total. The number of non-ortho nitro benzene ring substituents is 2. The largest absolute Gasteiger partial charge is 0.493 e. The number of nitro benzene ring substituents is 2. The van der Waals surface area contributed by atoms with Gasteiger partial charge in [-0.05, 0) is 25.0 Å². The summed E-state index contributed by atoms with van der Waals surface area (Å²) >= 11 is 0. The van der Waals surface area contributed by atoms with Gasteiger partial charge in [0.1, 0.15) is 11.5 Å². The highest BCUT2D eigenvalue weighted by Gasteiger charge is 2.07. The van der Waals surface area contributed by atoms with Crippen molar-refractivity contribution in [2.75, 3.05) is 13.2 Å². The van der Waals surface area contributed by atoms with Gasteiger partial charge in [0, 0.05) is 12.1 Å². The van der Waals surface area contributed by atoms with Gasteiger partial charge in [-0.1, -0.05) is 63.5 Å². The number of nitrogens with zero attached hydrogens (tertiary/aromatic N) is 2. The smallest absolute Gasteiger partial charge is 0.273 e. The van der Waals surface area contributed by atoms with Crippen LogP contribution in [0, 0.1) is 20.2 Å². The summed E-state index contributed by atoms with van der Waals surface area (Å²) in [5, 5.41) is 21.5. The van der Waals surface area contributed by atoms with Crippen molar-refractivity contribution >= 4 is 11.4 Å². The van der Waals surface area contributed by atoms with Crippen LogP contribution in [0.1, 0.15) is 64.2 Å². The number of rotatable bonds is 17. The lowest BCUT2D eigenvalue weighted by Crippen LogP contribution is -1.98. The van der Waals surface area contributed by atoms with Crippen LogP contribution in [0.3, 0.4) is 0 Å². The van der Waals surface area contributed by atoms with E-state index in [1.165, 1.54) is 62.8 Å². The Morgan fingerprint density at radius 2 is 0.906 bits per heavy atom. The SMILES string of the molecule is O=[N+]([O-])c1cccc(OCCCCCCCCCCCCOc2cccc([N+](=O)[O-])c2)c1. The summed E-state index contributed by atoms with van der Waals surface area (Å²) in [4.78, 5) is 20.7. The third kappa shape index (κ3) is 10.2. The summed E-state index contributed by atoms with van der Waals surface area (Å²) in [7, 11) is 0. The molecule has 0 aliphatic rings. The maximum Gasteiger partial charge on any atom is 0.273 e. The van der Waals surface area contributed by atoms with Crippen LogP contribution in [0.4, 0.5) is 11.4 Å². The molecule has 0 aliphatic heterocycles. The summed E-state index contributed by atoms with van der Waals surface area (Å²) in [6, 6.07) is 12.6. The van der Waals surface area contributed by atoms with E-state index >= 15 is 0 Å². The molecule has 2 rings (SSSR count). The number of hydrogen-bond acceptors (Lipinski definition) is 6. The molecule has 2 aromatic rings. The fourth-order valence-electron chi connectivity index (χ4n) is 3.37. The molecule has 0 heterocycles. The highest BCUT2D eigenvalue weighted by atomic mass is 16.6. The molecule has 8 nitrogen and oxygen atoms in total. The lowest BCUT2D eigenvalue weighted by Gasteiger charge is -2.07. The van der Waals surface area contributed by atoms with Gasteiger partial charge >= 0.3 is 0 Å². The highest BCUT2D eigenvalue weighted by Crippen LogP contribution is 2.20. The molecule has 0 saturated heterocycles. The van der Waals surface area contributed by atoms with Crippen LogP contribution < -0.4 is 9.47 Å². The molecule has 0 bridgehead atoms. The molecule has 174 valence electrons. The number of ether oxygens (including phenoxy) is 2. The molecule has 0 spiro atoms. The second-order valence-corrected chi connectivity index (χ2v) is 7.74. The van der Waals surface area contributed by atoms with Crippen LogP contribution in [-0.4, -0.2) is 23.1 Å². The van der Waals surface area contributed by atoms with Crippen molar-refractivity contribution in [2.24, 2.45) is 0 Å². The Bertz CT molecular complexity index is 773. The second-order valence-electron chi connectivity index (χ2n) is 7.74. The van der Waals surface area contributed by atoms with Crippen molar-refractivity contribution in [3.05, 3.63) is 68.8 Å². The zero-order valence-corrected chi connectivity index (χ0v) is 18.4. The fraction of sp³-hybridized carbons (Fsp3) is 0.500. The van der Waals surface area contributed by atoms with Gasteiger partial charge in [-0.25, -0.2) is 0 Å². The second kappa shape index (κ2) is 14.8. The first-order valence-electron chi connectivity index (χ1n) is 11.3. The molecule has 32 heavy (non-hydrogen) atoms. The summed E-state index contributed by atoms with van der Waals surface area (Å²) in [6.45, 7) is 1.17. The Kier molecular flexibility index (Phi) is 11.6. The van der Waals surface area contributed by atoms with E-state index in [1.807, 2.05) is 0 Å². The van der Waals surface area contributed by atoms with Gasteiger partial charge in [0.2, 0.25) is 0 Å². The Morgan fingerprint density at radius 1 is 0.562 bits per heavy atom. The highest BCUT2D eigenvalue weighted by molar-refractivity contribution is 5.38. The average Bonchev–Trinajstić information content (AvgIpc) is 2.79. The van der Waals surface area contributed by atoms with Crippen molar-refractivity contribution in [3.8, 4) is 11.5 Å². The minimum atomic E-state index is -0.416. The van der Waals surface area contributed by atoms with E-state index in [4.69, 9.17) is 9.47 Å². The summed E-state index contributed by atoms with van der Waals surface area (Å²) in [5.41, 5.74) is 0.106. The summed E-state index contributed by atoms with van der Waals surface area (Å²) in [6.07, 6.45) is 11.4. The molecule has 0 atom stereocenters. The van der Waals surface area contributed by atoms with Crippen molar-refractivity contribution in [1.82, 2.24) is 0 Å². The van der Waals surface area contributed by atoms with Crippen LogP contribution in [0.2, 0.25) is 0 Å².